The van der Waals surface area contributed by atoms with Crippen LogP contribution in [0, 0.1) is 0 Å². The average Bonchev–Trinajstić information content (AvgIpc) is 3.71. The zero-order chi connectivity index (χ0) is 25.6. The Morgan fingerprint density at radius 2 is 1.84 bits per heavy atom. The van der Waals surface area contributed by atoms with Crippen LogP contribution < -0.4 is 15.0 Å². The van der Waals surface area contributed by atoms with Gasteiger partial charge in [-0.05, 0) is 59.3 Å². The lowest BCUT2D eigenvalue weighted by molar-refractivity contribution is -0.127. The van der Waals surface area contributed by atoms with E-state index in [4.69, 9.17) is 4.74 Å². The van der Waals surface area contributed by atoms with Crippen LogP contribution in [0.3, 0.4) is 0 Å². The van der Waals surface area contributed by atoms with E-state index in [9.17, 15) is 9.59 Å². The van der Waals surface area contributed by atoms with Gasteiger partial charge in [0.1, 0.15) is 18.3 Å². The van der Waals surface area contributed by atoms with Gasteiger partial charge in [-0.3, -0.25) is 14.5 Å². The van der Waals surface area contributed by atoms with Crippen molar-refractivity contribution in [3.05, 3.63) is 77.7 Å². The van der Waals surface area contributed by atoms with Crippen molar-refractivity contribution in [1.82, 2.24) is 25.5 Å². The summed E-state index contributed by atoms with van der Waals surface area (Å²) in [5.41, 5.74) is 1.29. The third-order valence-corrected chi connectivity index (χ3v) is 7.28. The fourth-order valence-corrected chi connectivity index (χ4v) is 5.24. The maximum atomic E-state index is 13.9. The lowest BCUT2D eigenvalue weighted by Crippen LogP contribution is -2.47. The molecule has 1 saturated carbocycles. The molecule has 0 radical (unpaired) electrons. The van der Waals surface area contributed by atoms with Crippen molar-refractivity contribution in [1.29, 1.82) is 0 Å². The van der Waals surface area contributed by atoms with Crippen LogP contribution in [0.2, 0.25) is 0 Å². The van der Waals surface area contributed by atoms with Gasteiger partial charge < -0.3 is 10.1 Å². The molecule has 0 unspecified atom stereocenters. The average molecular weight is 517 g/mol. The first-order valence-corrected chi connectivity index (χ1v) is 13.1. The van der Waals surface area contributed by atoms with Gasteiger partial charge in [0.05, 0.1) is 12.0 Å². The van der Waals surface area contributed by atoms with Gasteiger partial charge in [0.2, 0.25) is 11.7 Å². The Labute approximate surface area is 219 Å². The fraction of sp³-hybridized carbons (Fsp3) is 0.296. The lowest BCUT2D eigenvalue weighted by Gasteiger charge is -2.32. The molecule has 37 heavy (non-hydrogen) atoms. The lowest BCUT2D eigenvalue weighted by atomic mass is 10.0. The summed E-state index contributed by atoms with van der Waals surface area (Å²) in [5.74, 6) is 0.577. The van der Waals surface area contributed by atoms with E-state index in [0.29, 0.717) is 22.8 Å². The summed E-state index contributed by atoms with van der Waals surface area (Å²) in [6.45, 7) is -0.170. The number of anilines is 1. The van der Waals surface area contributed by atoms with Crippen LogP contribution in [0.25, 0.3) is 10.7 Å². The normalized spacial score (nSPS) is 14.3. The molecular weight excluding hydrogens is 488 g/mol. The van der Waals surface area contributed by atoms with E-state index in [1.165, 1.54) is 21.0 Å². The first-order valence-electron chi connectivity index (χ1n) is 12.3. The highest BCUT2D eigenvalue weighted by atomic mass is 32.1. The molecule has 2 heterocycles. The fourth-order valence-electron chi connectivity index (χ4n) is 4.59. The van der Waals surface area contributed by atoms with Crippen LogP contribution >= 0.6 is 11.3 Å². The Balaban J connectivity index is 1.49. The number of nitrogens with one attached hydrogen (secondary N) is 1. The smallest absolute Gasteiger partial charge is 0.251 e. The van der Waals surface area contributed by atoms with E-state index in [-0.39, 0.29) is 24.4 Å². The van der Waals surface area contributed by atoms with Gasteiger partial charge in [-0.25, -0.2) is 0 Å². The second kappa shape index (κ2) is 11.3. The molecular formula is C27H28N6O3S. The Bertz CT molecular complexity index is 1320. The van der Waals surface area contributed by atoms with Crippen LogP contribution in [0.1, 0.15) is 37.3 Å². The number of ether oxygens (including phenoxy) is 1. The molecule has 0 bridgehead atoms. The van der Waals surface area contributed by atoms with Gasteiger partial charge in [0.15, 0.2) is 0 Å². The minimum atomic E-state index is -0.887. The first kappa shape index (κ1) is 24.6. The standard InChI is InChI=1S/C27H28N6O3S/c1-36-22-15-13-19(14-16-22)25(27(35)28-20-8-5-6-9-20)33(21-10-3-2-4-11-21)24(34)18-32-30-26(29-31-32)23-12-7-17-37-23/h2-4,7,10-17,20,25H,5-6,8-9,18H2,1H3,(H,28,35)/t25-/m0/s1. The molecule has 5 rings (SSSR count). The number of rotatable bonds is 9. The number of thiophene rings is 1. The number of methoxy groups -OCH3 is 1. The van der Waals surface area contributed by atoms with Crippen LogP contribution in [-0.2, 0) is 16.1 Å². The molecule has 0 saturated heterocycles. The number of tetrazole rings is 1. The maximum Gasteiger partial charge on any atom is 0.251 e. The van der Waals surface area contributed by atoms with Gasteiger partial charge in [0, 0.05) is 11.7 Å². The van der Waals surface area contributed by atoms with E-state index in [1.807, 2.05) is 60.0 Å². The van der Waals surface area contributed by atoms with E-state index >= 15 is 0 Å². The van der Waals surface area contributed by atoms with Crippen molar-refractivity contribution < 1.29 is 14.3 Å². The minimum Gasteiger partial charge on any atom is -0.497 e. The Kier molecular flexibility index (Phi) is 7.55. The van der Waals surface area contributed by atoms with E-state index in [2.05, 4.69) is 20.7 Å². The predicted octanol–water partition coefficient (Wildman–Crippen LogP) is 4.24. The van der Waals surface area contributed by atoms with E-state index in [0.717, 1.165) is 30.6 Å². The molecule has 0 aliphatic heterocycles. The third-order valence-electron chi connectivity index (χ3n) is 6.41. The summed E-state index contributed by atoms with van der Waals surface area (Å²) in [4.78, 5) is 31.3. The molecule has 1 atom stereocenters. The molecule has 190 valence electrons. The highest BCUT2D eigenvalue weighted by Gasteiger charge is 2.34. The van der Waals surface area contributed by atoms with Crippen molar-refractivity contribution in [2.24, 2.45) is 0 Å². The molecule has 9 nitrogen and oxygen atoms in total. The first-order chi connectivity index (χ1) is 18.1. The summed E-state index contributed by atoms with van der Waals surface area (Å²) in [6.07, 6.45) is 4.05. The summed E-state index contributed by atoms with van der Waals surface area (Å²) >= 11 is 1.50. The summed E-state index contributed by atoms with van der Waals surface area (Å²) in [7, 11) is 1.59. The second-order valence-corrected chi connectivity index (χ2v) is 9.83. The molecule has 0 spiro atoms. The van der Waals surface area contributed by atoms with Crippen LogP contribution in [0.15, 0.2) is 72.1 Å². The predicted molar refractivity (Wildman–Crippen MR) is 141 cm³/mol. The largest absolute Gasteiger partial charge is 0.497 e. The topological polar surface area (TPSA) is 102 Å². The Hall–Kier alpha value is -4.05. The molecule has 4 aromatic rings. The van der Waals surface area contributed by atoms with E-state index < -0.39 is 6.04 Å². The van der Waals surface area contributed by atoms with Crippen LogP contribution in [0.4, 0.5) is 5.69 Å². The summed E-state index contributed by atoms with van der Waals surface area (Å²) in [6, 6.07) is 19.5. The van der Waals surface area contributed by atoms with E-state index in [1.54, 1.807) is 19.2 Å². The van der Waals surface area contributed by atoms with Crippen LogP contribution in [-0.4, -0.2) is 45.2 Å². The molecule has 10 heteroatoms. The molecule has 2 aromatic heterocycles. The molecule has 2 amide bonds. The number of carbonyl (C=O) groups is 2. The number of hydrogen-bond donors (Lipinski definition) is 1. The van der Waals surface area contributed by atoms with Gasteiger partial charge in [-0.15, -0.1) is 21.5 Å². The quantitative estimate of drug-likeness (QED) is 0.357. The summed E-state index contributed by atoms with van der Waals surface area (Å²) < 4.78 is 5.31. The number of benzene rings is 2. The zero-order valence-corrected chi connectivity index (χ0v) is 21.3. The number of amides is 2. The zero-order valence-electron chi connectivity index (χ0n) is 20.5. The monoisotopic (exact) mass is 516 g/mol. The minimum absolute atomic E-state index is 0.103. The van der Waals surface area contributed by atoms with Crippen LogP contribution in [0.5, 0.6) is 5.75 Å². The van der Waals surface area contributed by atoms with Crippen molar-refractivity contribution in [3.8, 4) is 16.5 Å². The van der Waals surface area contributed by atoms with Gasteiger partial charge in [0.25, 0.3) is 5.91 Å². The Morgan fingerprint density at radius 3 is 2.51 bits per heavy atom. The van der Waals surface area contributed by atoms with Crippen molar-refractivity contribution in [2.75, 3.05) is 12.0 Å². The molecule has 2 aromatic carbocycles. The molecule has 1 aliphatic rings. The van der Waals surface area contributed by atoms with Gasteiger partial charge >= 0.3 is 0 Å². The van der Waals surface area contributed by atoms with Gasteiger partial charge in [-0.2, -0.15) is 4.80 Å². The Morgan fingerprint density at radius 1 is 1.08 bits per heavy atom. The highest BCUT2D eigenvalue weighted by molar-refractivity contribution is 7.13. The third kappa shape index (κ3) is 5.69. The number of hydrogen-bond acceptors (Lipinski definition) is 7. The van der Waals surface area contributed by atoms with Crippen molar-refractivity contribution in [3.63, 3.8) is 0 Å². The highest BCUT2D eigenvalue weighted by Crippen LogP contribution is 2.30. The number of para-hydroxylation sites is 1. The molecule has 1 fully saturated rings. The SMILES string of the molecule is COc1ccc([C@@H](C(=O)NC2CCCC2)N(C(=O)Cn2nnc(-c3cccs3)n2)c2ccccc2)cc1. The number of aromatic nitrogens is 4. The van der Waals surface area contributed by atoms with Crippen molar-refractivity contribution >= 4 is 28.8 Å². The molecule has 1 N–H and O–H groups in total. The second-order valence-electron chi connectivity index (χ2n) is 8.89. The van der Waals surface area contributed by atoms with Crippen molar-refractivity contribution in [2.45, 2.75) is 44.3 Å². The summed E-state index contributed by atoms with van der Waals surface area (Å²) in [5, 5.41) is 17.7. The maximum absolute atomic E-state index is 13.9. The number of nitrogens with zero attached hydrogens (tertiary/aromatic N) is 5. The molecule has 1 aliphatic carbocycles. The van der Waals surface area contributed by atoms with Gasteiger partial charge in [-0.1, -0.05) is 49.2 Å². The number of carbonyl (C=O) groups excluding carboxylic acids is 2.